The predicted octanol–water partition coefficient (Wildman–Crippen LogP) is 8.61. The average Bonchev–Trinajstić information content (AvgIpc) is 2.67. The van der Waals surface area contributed by atoms with Crippen molar-refractivity contribution in [3.63, 3.8) is 0 Å². The lowest BCUT2D eigenvalue weighted by Crippen LogP contribution is -1.90. The summed E-state index contributed by atoms with van der Waals surface area (Å²) in [6.45, 7) is 7.56. The van der Waals surface area contributed by atoms with Crippen LogP contribution in [0, 0.1) is 0 Å². The molecule has 0 fully saturated rings. The van der Waals surface area contributed by atoms with Gasteiger partial charge in [-0.3, -0.25) is 0 Å². The highest BCUT2D eigenvalue weighted by atomic mass is 14.0. The third kappa shape index (κ3) is 13.0. The second-order valence-electron chi connectivity index (χ2n) is 7.71. The van der Waals surface area contributed by atoms with Crippen molar-refractivity contribution in [2.24, 2.45) is 0 Å². The summed E-state index contributed by atoms with van der Waals surface area (Å²) in [7, 11) is 0. The Kier molecular flexibility index (Phi) is 15.0. The van der Waals surface area contributed by atoms with E-state index in [1.54, 1.807) is 0 Å². The van der Waals surface area contributed by atoms with Crippen LogP contribution >= 0.6 is 0 Å². The molecule has 0 nitrogen and oxygen atoms in total. The maximum Gasteiger partial charge on any atom is -0.0279 e. The van der Waals surface area contributed by atoms with Gasteiger partial charge in [0.1, 0.15) is 0 Å². The second-order valence-corrected chi connectivity index (χ2v) is 7.71. The van der Waals surface area contributed by atoms with Gasteiger partial charge in [-0.25, -0.2) is 0 Å². The Hall–Kier alpha value is -1.30. The van der Waals surface area contributed by atoms with E-state index in [4.69, 9.17) is 0 Å². The van der Waals surface area contributed by atoms with Gasteiger partial charge in [0.2, 0.25) is 0 Å². The van der Waals surface area contributed by atoms with Crippen molar-refractivity contribution in [2.75, 3.05) is 0 Å². The normalized spacial score (nSPS) is 10.8. The molecule has 0 unspecified atom stereocenters. The first-order valence-electron chi connectivity index (χ1n) is 11.2. The maximum absolute atomic E-state index is 3.78. The minimum Gasteiger partial charge on any atom is -0.103 e. The minimum atomic E-state index is 1.18. The molecule has 0 saturated carbocycles. The summed E-state index contributed by atoms with van der Waals surface area (Å²) >= 11 is 0. The van der Waals surface area contributed by atoms with Crippen LogP contribution in [0.5, 0.6) is 0 Å². The van der Waals surface area contributed by atoms with Gasteiger partial charge >= 0.3 is 0 Å². The number of rotatable bonds is 18. The van der Waals surface area contributed by atoms with Crippen LogP contribution in [0.4, 0.5) is 0 Å². The Morgan fingerprint density at radius 3 is 1.12 bits per heavy atom. The van der Waals surface area contributed by atoms with Gasteiger partial charge in [0.25, 0.3) is 0 Å². The Labute approximate surface area is 163 Å². The summed E-state index contributed by atoms with van der Waals surface area (Å²) in [4.78, 5) is 0. The lowest BCUT2D eigenvalue weighted by Gasteiger charge is -2.05. The van der Waals surface area contributed by atoms with Crippen LogP contribution < -0.4 is 0 Å². The Morgan fingerprint density at radius 1 is 0.462 bits per heavy atom. The van der Waals surface area contributed by atoms with E-state index in [0.717, 1.165) is 0 Å². The zero-order valence-corrected chi connectivity index (χ0v) is 17.2. The zero-order chi connectivity index (χ0) is 18.7. The molecule has 1 aromatic carbocycles. The molecule has 0 N–H and O–H groups in total. The van der Waals surface area contributed by atoms with Crippen LogP contribution in [0.3, 0.4) is 0 Å². The van der Waals surface area contributed by atoms with Crippen LogP contribution in [0.15, 0.2) is 49.6 Å². The first-order valence-corrected chi connectivity index (χ1v) is 11.2. The highest BCUT2D eigenvalue weighted by Gasteiger charge is 1.98. The largest absolute Gasteiger partial charge is 0.103 e. The summed E-state index contributed by atoms with van der Waals surface area (Å²) in [6, 6.07) is 9.42. The van der Waals surface area contributed by atoms with Crippen molar-refractivity contribution in [3.05, 3.63) is 60.7 Å². The molecule has 0 atom stereocenters. The van der Waals surface area contributed by atoms with Gasteiger partial charge in [0.05, 0.1) is 0 Å². The summed E-state index contributed by atoms with van der Waals surface area (Å²) < 4.78 is 0. The zero-order valence-electron chi connectivity index (χ0n) is 17.2. The van der Waals surface area contributed by atoms with E-state index in [9.17, 15) is 0 Å². The molecule has 0 heterocycles. The number of hydrogen-bond donors (Lipinski definition) is 0. The quantitative estimate of drug-likeness (QED) is 0.183. The topological polar surface area (TPSA) is 0 Å². The number of allylic oxidation sites excluding steroid dienone is 2. The van der Waals surface area contributed by atoms with E-state index in [-0.39, 0.29) is 0 Å². The molecule has 0 spiro atoms. The third-order valence-corrected chi connectivity index (χ3v) is 5.27. The monoisotopic (exact) mass is 354 g/mol. The SMILES string of the molecule is C=CCCCCCCCCc1ccc(CCCCCCCCC=C)cc1. The van der Waals surface area contributed by atoms with Crippen LogP contribution in [0.25, 0.3) is 0 Å². The van der Waals surface area contributed by atoms with Crippen molar-refractivity contribution >= 4 is 0 Å². The van der Waals surface area contributed by atoms with Gasteiger partial charge in [-0.2, -0.15) is 0 Å². The summed E-state index contributed by atoms with van der Waals surface area (Å²) in [5.41, 5.74) is 3.03. The van der Waals surface area contributed by atoms with Gasteiger partial charge in [-0.1, -0.05) is 87.8 Å². The van der Waals surface area contributed by atoms with Gasteiger partial charge < -0.3 is 0 Å². The Bertz CT molecular complexity index is 397. The van der Waals surface area contributed by atoms with Crippen molar-refractivity contribution in [2.45, 2.75) is 103 Å². The molecule has 0 radical (unpaired) electrons. The molecule has 0 heteroatoms. The van der Waals surface area contributed by atoms with Crippen LogP contribution in [0.1, 0.15) is 101 Å². The van der Waals surface area contributed by atoms with Crippen molar-refractivity contribution < 1.29 is 0 Å². The van der Waals surface area contributed by atoms with Gasteiger partial charge in [-0.05, 0) is 62.5 Å². The van der Waals surface area contributed by atoms with E-state index >= 15 is 0 Å². The molecule has 0 aliphatic rings. The van der Waals surface area contributed by atoms with E-state index in [1.807, 2.05) is 12.2 Å². The molecular weight excluding hydrogens is 312 g/mol. The first kappa shape index (κ1) is 22.7. The average molecular weight is 355 g/mol. The van der Waals surface area contributed by atoms with Gasteiger partial charge in [0.15, 0.2) is 0 Å². The summed E-state index contributed by atoms with van der Waals surface area (Å²) in [5.74, 6) is 0. The third-order valence-electron chi connectivity index (χ3n) is 5.27. The Morgan fingerprint density at radius 2 is 0.769 bits per heavy atom. The van der Waals surface area contributed by atoms with E-state index in [0.29, 0.717) is 0 Å². The molecular formula is C26H42. The van der Waals surface area contributed by atoms with E-state index < -0.39 is 0 Å². The number of benzene rings is 1. The highest BCUT2D eigenvalue weighted by Crippen LogP contribution is 2.14. The molecule has 146 valence electrons. The van der Waals surface area contributed by atoms with Crippen molar-refractivity contribution in [3.8, 4) is 0 Å². The molecule has 1 rings (SSSR count). The molecule has 26 heavy (non-hydrogen) atoms. The number of hydrogen-bond acceptors (Lipinski definition) is 0. The van der Waals surface area contributed by atoms with E-state index in [1.165, 1.54) is 114 Å². The lowest BCUT2D eigenvalue weighted by molar-refractivity contribution is 0.595. The predicted molar refractivity (Wildman–Crippen MR) is 119 cm³/mol. The molecule has 0 amide bonds. The number of aryl methyl sites for hydroxylation is 2. The molecule has 1 aromatic rings. The first-order chi connectivity index (χ1) is 12.9. The molecule has 0 bridgehead atoms. The molecule has 0 saturated heterocycles. The van der Waals surface area contributed by atoms with Gasteiger partial charge in [-0.15, -0.1) is 13.2 Å². The highest BCUT2D eigenvalue weighted by molar-refractivity contribution is 5.22. The van der Waals surface area contributed by atoms with E-state index in [2.05, 4.69) is 37.4 Å². The van der Waals surface area contributed by atoms with Crippen molar-refractivity contribution in [1.29, 1.82) is 0 Å². The fraction of sp³-hybridized carbons (Fsp3) is 0.615. The molecule has 0 aliphatic heterocycles. The summed E-state index contributed by atoms with van der Waals surface area (Å²) in [5, 5.41) is 0. The smallest absolute Gasteiger partial charge is 0.0279 e. The molecule has 0 aromatic heterocycles. The van der Waals surface area contributed by atoms with Crippen LogP contribution in [-0.2, 0) is 12.8 Å². The standard InChI is InChI=1S/C26H42/c1-3-5-7-9-11-13-15-17-19-25-21-23-26(24-22-25)20-18-16-14-12-10-8-6-4-2/h3-4,21-24H,1-2,5-20H2. The second kappa shape index (κ2) is 17.1. The molecule has 0 aliphatic carbocycles. The Balaban J connectivity index is 1.99. The number of unbranched alkanes of at least 4 members (excludes halogenated alkanes) is 12. The minimum absolute atomic E-state index is 1.18. The van der Waals surface area contributed by atoms with Crippen molar-refractivity contribution in [1.82, 2.24) is 0 Å². The summed E-state index contributed by atoms with van der Waals surface area (Å²) in [6.07, 6.45) is 25.3. The lowest BCUT2D eigenvalue weighted by atomic mass is 10.0. The maximum atomic E-state index is 3.78. The van der Waals surface area contributed by atoms with Gasteiger partial charge in [0, 0.05) is 0 Å². The van der Waals surface area contributed by atoms with Crippen LogP contribution in [0.2, 0.25) is 0 Å². The fourth-order valence-corrected chi connectivity index (χ4v) is 3.52. The fourth-order valence-electron chi connectivity index (χ4n) is 3.52. The van der Waals surface area contributed by atoms with Crippen LogP contribution in [-0.4, -0.2) is 0 Å².